The molecular formula is C48H87NO7. The molecule has 0 aliphatic carbocycles. The van der Waals surface area contributed by atoms with Gasteiger partial charge in [-0.25, -0.2) is 0 Å². The fourth-order valence-corrected chi connectivity index (χ4v) is 6.73. The SMILES string of the molecule is CC/C=C/C/C=C/C/C=C/CCCCC(=O)OCC(COCCC(C(=O)[O-])[N+](C)(C)C)OC(=O)CCCCCCCCCCCCCCCCCCCCCC. The highest BCUT2D eigenvalue weighted by Gasteiger charge is 2.25. The predicted molar refractivity (Wildman–Crippen MR) is 231 cm³/mol. The molecular weight excluding hydrogens is 703 g/mol. The molecule has 0 amide bonds. The van der Waals surface area contributed by atoms with E-state index in [1.54, 1.807) is 21.1 Å². The molecule has 0 aliphatic rings. The Morgan fingerprint density at radius 2 is 1.00 bits per heavy atom. The molecule has 0 saturated carbocycles. The number of aliphatic carboxylic acids is 1. The summed E-state index contributed by atoms with van der Waals surface area (Å²) in [6, 6.07) is -0.729. The van der Waals surface area contributed by atoms with Gasteiger partial charge in [0.1, 0.15) is 12.6 Å². The van der Waals surface area contributed by atoms with Crippen LogP contribution < -0.4 is 5.11 Å². The number of rotatable bonds is 41. The first-order chi connectivity index (χ1) is 27.1. The molecule has 0 bridgehead atoms. The van der Waals surface area contributed by atoms with Gasteiger partial charge in [-0.05, 0) is 44.9 Å². The second-order valence-corrected chi connectivity index (χ2v) is 16.6. The Hall–Kier alpha value is -2.45. The zero-order chi connectivity index (χ0) is 41.4. The van der Waals surface area contributed by atoms with Crippen LogP contribution in [0.15, 0.2) is 36.5 Å². The topological polar surface area (TPSA) is 102 Å². The van der Waals surface area contributed by atoms with E-state index in [-0.39, 0.29) is 42.7 Å². The zero-order valence-corrected chi connectivity index (χ0v) is 37.1. The number of ether oxygens (including phenoxy) is 3. The second kappa shape index (κ2) is 39.4. The minimum absolute atomic E-state index is 0.0311. The zero-order valence-electron chi connectivity index (χ0n) is 37.1. The molecule has 0 fully saturated rings. The lowest BCUT2D eigenvalue weighted by Gasteiger charge is -2.34. The average molecular weight is 790 g/mol. The van der Waals surface area contributed by atoms with Crippen molar-refractivity contribution >= 4 is 17.9 Å². The van der Waals surface area contributed by atoms with Gasteiger partial charge in [-0.2, -0.15) is 0 Å². The molecule has 0 spiro atoms. The van der Waals surface area contributed by atoms with Crippen LogP contribution in [0.5, 0.6) is 0 Å². The molecule has 0 aromatic rings. The molecule has 8 nitrogen and oxygen atoms in total. The molecule has 0 aromatic heterocycles. The number of carbonyl (C=O) groups is 3. The summed E-state index contributed by atoms with van der Waals surface area (Å²) in [4.78, 5) is 36.8. The van der Waals surface area contributed by atoms with Crippen LogP contribution in [0.25, 0.3) is 0 Å². The Bertz CT molecular complexity index is 1020. The largest absolute Gasteiger partial charge is 0.544 e. The van der Waals surface area contributed by atoms with E-state index >= 15 is 0 Å². The third-order valence-electron chi connectivity index (χ3n) is 10.3. The van der Waals surface area contributed by atoms with Gasteiger partial charge in [0, 0.05) is 19.3 Å². The van der Waals surface area contributed by atoms with Crippen molar-refractivity contribution in [2.75, 3.05) is 41.0 Å². The van der Waals surface area contributed by atoms with E-state index in [0.717, 1.165) is 57.8 Å². The van der Waals surface area contributed by atoms with Crippen molar-refractivity contribution in [3.05, 3.63) is 36.5 Å². The number of likely N-dealkylation sites (N-methyl/N-ethyl adjacent to an activating group) is 1. The minimum Gasteiger partial charge on any atom is -0.544 e. The highest BCUT2D eigenvalue weighted by Crippen LogP contribution is 2.16. The predicted octanol–water partition coefficient (Wildman–Crippen LogP) is 11.3. The number of hydrogen-bond donors (Lipinski definition) is 0. The van der Waals surface area contributed by atoms with Crippen LogP contribution in [-0.4, -0.2) is 75.5 Å². The maximum atomic E-state index is 12.7. The first kappa shape index (κ1) is 53.6. The van der Waals surface area contributed by atoms with Crippen LogP contribution in [0.3, 0.4) is 0 Å². The monoisotopic (exact) mass is 790 g/mol. The third-order valence-corrected chi connectivity index (χ3v) is 10.3. The lowest BCUT2D eigenvalue weighted by atomic mass is 10.0. The quantitative estimate of drug-likeness (QED) is 0.0263. The third kappa shape index (κ3) is 37.1. The Labute approximate surface area is 344 Å². The molecule has 0 aromatic carbocycles. The van der Waals surface area contributed by atoms with Crippen molar-refractivity contribution in [3.63, 3.8) is 0 Å². The van der Waals surface area contributed by atoms with Crippen LogP contribution in [-0.2, 0) is 28.6 Å². The molecule has 2 atom stereocenters. The molecule has 56 heavy (non-hydrogen) atoms. The number of carbonyl (C=O) groups excluding carboxylic acids is 3. The van der Waals surface area contributed by atoms with Gasteiger partial charge in [-0.3, -0.25) is 9.59 Å². The number of nitrogens with zero attached hydrogens (tertiary/aromatic N) is 1. The molecule has 0 rings (SSSR count). The first-order valence-corrected chi connectivity index (χ1v) is 23.0. The summed E-state index contributed by atoms with van der Waals surface area (Å²) in [5, 5.41) is 11.6. The number of allylic oxidation sites excluding steroid dienone is 6. The van der Waals surface area contributed by atoms with E-state index < -0.39 is 18.1 Å². The Balaban J connectivity index is 4.28. The summed E-state index contributed by atoms with van der Waals surface area (Å²) in [6.07, 6.45) is 44.7. The summed E-state index contributed by atoms with van der Waals surface area (Å²) < 4.78 is 17.1. The van der Waals surface area contributed by atoms with Gasteiger partial charge >= 0.3 is 11.9 Å². The number of hydrogen-bond acceptors (Lipinski definition) is 7. The number of quaternary nitrogens is 1. The van der Waals surface area contributed by atoms with Crippen molar-refractivity contribution in [1.29, 1.82) is 0 Å². The minimum atomic E-state index is -1.13. The van der Waals surface area contributed by atoms with Gasteiger partial charge in [0.25, 0.3) is 0 Å². The fourth-order valence-electron chi connectivity index (χ4n) is 6.73. The van der Waals surface area contributed by atoms with Crippen molar-refractivity contribution < 1.29 is 38.2 Å². The lowest BCUT2D eigenvalue weighted by Crippen LogP contribution is -2.55. The van der Waals surface area contributed by atoms with Crippen molar-refractivity contribution in [2.24, 2.45) is 0 Å². The Kier molecular flexibility index (Phi) is 37.7. The molecule has 8 heteroatoms. The summed E-state index contributed by atoms with van der Waals surface area (Å²) in [7, 11) is 5.40. The Morgan fingerprint density at radius 1 is 0.554 bits per heavy atom. The smallest absolute Gasteiger partial charge is 0.306 e. The fraction of sp³-hybridized carbons (Fsp3) is 0.812. The van der Waals surface area contributed by atoms with Crippen LogP contribution in [0.1, 0.15) is 200 Å². The summed E-state index contributed by atoms with van der Waals surface area (Å²) in [6.45, 7) is 4.52. The Morgan fingerprint density at radius 3 is 1.48 bits per heavy atom. The van der Waals surface area contributed by atoms with Gasteiger partial charge in [0.15, 0.2) is 6.10 Å². The summed E-state index contributed by atoms with van der Waals surface area (Å²) in [5.74, 6) is -1.78. The van der Waals surface area contributed by atoms with Gasteiger partial charge in [-0.1, -0.05) is 172 Å². The van der Waals surface area contributed by atoms with E-state index in [9.17, 15) is 19.5 Å². The molecule has 0 radical (unpaired) electrons. The van der Waals surface area contributed by atoms with Crippen LogP contribution in [0, 0.1) is 0 Å². The molecule has 0 saturated heterocycles. The number of carboxylic acid groups (broad SMARTS) is 1. The van der Waals surface area contributed by atoms with E-state index in [2.05, 4.69) is 50.3 Å². The van der Waals surface area contributed by atoms with E-state index in [4.69, 9.17) is 14.2 Å². The van der Waals surface area contributed by atoms with Crippen LogP contribution in [0.2, 0.25) is 0 Å². The average Bonchev–Trinajstić information content (AvgIpc) is 3.15. The summed E-state index contributed by atoms with van der Waals surface area (Å²) >= 11 is 0. The maximum Gasteiger partial charge on any atom is 0.306 e. The van der Waals surface area contributed by atoms with Crippen LogP contribution >= 0.6 is 0 Å². The molecule has 326 valence electrons. The molecule has 0 N–H and O–H groups in total. The number of esters is 2. The van der Waals surface area contributed by atoms with Crippen molar-refractivity contribution in [1.82, 2.24) is 0 Å². The van der Waals surface area contributed by atoms with Gasteiger partial charge in [0.2, 0.25) is 0 Å². The van der Waals surface area contributed by atoms with Gasteiger partial charge in [-0.15, -0.1) is 0 Å². The second-order valence-electron chi connectivity index (χ2n) is 16.6. The van der Waals surface area contributed by atoms with Gasteiger partial charge in [0.05, 0.1) is 40.3 Å². The molecule has 0 heterocycles. The van der Waals surface area contributed by atoms with E-state index in [1.807, 2.05) is 0 Å². The number of carboxylic acids is 1. The molecule has 0 aliphatic heterocycles. The van der Waals surface area contributed by atoms with Crippen LogP contribution in [0.4, 0.5) is 0 Å². The molecule has 2 unspecified atom stereocenters. The van der Waals surface area contributed by atoms with E-state index in [0.29, 0.717) is 12.8 Å². The standard InChI is InChI=1S/C48H87NO7/c1-6-8-10-12-14-16-18-20-21-22-23-24-25-26-27-29-31-33-35-37-39-47(51)56-44(42-54-41-40-45(48(52)53)49(3,4)5)43-55-46(50)38-36-34-32-30-28-19-17-15-13-11-9-7-2/h9,11,15,17,28,30,44-45H,6-8,10,12-14,16,18-27,29,31-43H2,1-5H3/b11-9+,17-15+,30-28+. The highest BCUT2D eigenvalue weighted by molar-refractivity contribution is 5.70. The van der Waals surface area contributed by atoms with E-state index in [1.165, 1.54) is 109 Å². The summed E-state index contributed by atoms with van der Waals surface area (Å²) in [5.41, 5.74) is 0. The highest BCUT2D eigenvalue weighted by atomic mass is 16.6. The number of unbranched alkanes of at least 4 members (excludes halogenated alkanes) is 21. The first-order valence-electron chi connectivity index (χ1n) is 23.0. The normalized spacial score (nSPS) is 13.2. The van der Waals surface area contributed by atoms with Crippen molar-refractivity contribution in [3.8, 4) is 0 Å². The lowest BCUT2D eigenvalue weighted by molar-refractivity contribution is -0.889. The maximum absolute atomic E-state index is 12.7. The van der Waals surface area contributed by atoms with Crippen molar-refractivity contribution in [2.45, 2.75) is 212 Å². The van der Waals surface area contributed by atoms with Gasteiger partial charge < -0.3 is 28.6 Å².